The third-order valence-corrected chi connectivity index (χ3v) is 2.56. The molecule has 0 saturated heterocycles. The fraction of sp³-hybridized carbons (Fsp3) is 0.429. The van der Waals surface area contributed by atoms with E-state index in [2.05, 4.69) is 30.3 Å². The van der Waals surface area contributed by atoms with E-state index < -0.39 is 0 Å². The Balaban J connectivity index is 2.40. The highest BCUT2D eigenvalue weighted by molar-refractivity contribution is 5.28. The largest absolute Gasteiger partial charge is 0.497 e. The summed E-state index contributed by atoms with van der Waals surface area (Å²) in [7, 11) is 1.68. The van der Waals surface area contributed by atoms with Crippen LogP contribution in [0.2, 0.25) is 0 Å². The standard InChI is InChI=1S/C14H19NO/c1-4-5-6-11-15-12(2)13-7-9-14(16-3)10-8-13/h1,7-10,12,15H,5-6,11H2,2-3H3/t12-/m0/s1. The van der Waals surface area contributed by atoms with Crippen LogP contribution < -0.4 is 10.1 Å². The maximum absolute atomic E-state index is 5.20. The summed E-state index contributed by atoms with van der Waals surface area (Å²) in [6.07, 6.45) is 7.06. The summed E-state index contributed by atoms with van der Waals surface area (Å²) in [5, 5.41) is 3.43. The molecular formula is C14H19NO. The highest BCUT2D eigenvalue weighted by atomic mass is 16.5. The van der Waals surface area contributed by atoms with Gasteiger partial charge in [-0.15, -0.1) is 12.3 Å². The van der Waals surface area contributed by atoms with Gasteiger partial charge in [-0.1, -0.05) is 12.1 Å². The van der Waals surface area contributed by atoms with E-state index in [9.17, 15) is 0 Å². The van der Waals surface area contributed by atoms with Crippen molar-refractivity contribution in [1.29, 1.82) is 0 Å². The van der Waals surface area contributed by atoms with Gasteiger partial charge in [0.05, 0.1) is 7.11 Å². The zero-order chi connectivity index (χ0) is 11.8. The van der Waals surface area contributed by atoms with E-state index in [4.69, 9.17) is 11.2 Å². The second-order valence-corrected chi connectivity index (χ2v) is 3.76. The number of terminal acetylenes is 1. The fourth-order valence-electron chi connectivity index (χ4n) is 1.52. The van der Waals surface area contributed by atoms with Crippen molar-refractivity contribution in [2.45, 2.75) is 25.8 Å². The highest BCUT2D eigenvalue weighted by Crippen LogP contribution is 2.16. The second kappa shape index (κ2) is 6.92. The van der Waals surface area contributed by atoms with Crippen LogP contribution in [-0.2, 0) is 0 Å². The third-order valence-electron chi connectivity index (χ3n) is 2.56. The van der Waals surface area contributed by atoms with Gasteiger partial charge in [0.15, 0.2) is 0 Å². The lowest BCUT2D eigenvalue weighted by Crippen LogP contribution is -2.19. The summed E-state index contributed by atoms with van der Waals surface area (Å²) in [6.45, 7) is 3.11. The molecule has 16 heavy (non-hydrogen) atoms. The number of benzene rings is 1. The van der Waals surface area contributed by atoms with Crippen molar-refractivity contribution in [3.8, 4) is 18.1 Å². The molecule has 0 spiro atoms. The molecule has 0 radical (unpaired) electrons. The predicted octanol–water partition coefficient (Wildman–Crippen LogP) is 2.76. The Bertz CT molecular complexity index is 337. The molecule has 0 aliphatic rings. The van der Waals surface area contributed by atoms with E-state index in [1.807, 2.05) is 12.1 Å². The van der Waals surface area contributed by atoms with E-state index in [1.54, 1.807) is 7.11 Å². The summed E-state index contributed by atoms with van der Waals surface area (Å²) in [6, 6.07) is 8.47. The highest BCUT2D eigenvalue weighted by Gasteiger charge is 2.03. The van der Waals surface area contributed by atoms with Gasteiger partial charge in [-0.05, 0) is 37.6 Å². The normalized spacial score (nSPS) is 11.8. The Morgan fingerprint density at radius 1 is 1.38 bits per heavy atom. The smallest absolute Gasteiger partial charge is 0.118 e. The molecule has 1 aromatic rings. The SMILES string of the molecule is C#CCCCN[C@@H](C)c1ccc(OC)cc1. The summed E-state index contributed by atoms with van der Waals surface area (Å²) in [5.41, 5.74) is 1.27. The zero-order valence-corrected chi connectivity index (χ0v) is 9.99. The molecule has 0 heterocycles. The molecule has 86 valence electrons. The third kappa shape index (κ3) is 3.96. The number of rotatable bonds is 6. The van der Waals surface area contributed by atoms with Gasteiger partial charge in [0.2, 0.25) is 0 Å². The first-order valence-electron chi connectivity index (χ1n) is 5.58. The first-order valence-corrected chi connectivity index (χ1v) is 5.58. The lowest BCUT2D eigenvalue weighted by Gasteiger charge is -2.14. The average Bonchev–Trinajstić information content (AvgIpc) is 2.34. The molecule has 0 saturated carbocycles. The van der Waals surface area contributed by atoms with Crippen molar-refractivity contribution < 1.29 is 4.74 Å². The number of ether oxygens (including phenoxy) is 1. The predicted molar refractivity (Wildman–Crippen MR) is 67.5 cm³/mol. The van der Waals surface area contributed by atoms with Gasteiger partial charge >= 0.3 is 0 Å². The van der Waals surface area contributed by atoms with Crippen LogP contribution in [0.3, 0.4) is 0 Å². The van der Waals surface area contributed by atoms with E-state index in [1.165, 1.54) is 5.56 Å². The number of hydrogen-bond acceptors (Lipinski definition) is 2. The van der Waals surface area contributed by atoms with Crippen LogP contribution in [0.25, 0.3) is 0 Å². The van der Waals surface area contributed by atoms with Crippen LogP contribution in [-0.4, -0.2) is 13.7 Å². The monoisotopic (exact) mass is 217 g/mol. The Labute approximate surface area is 98.0 Å². The molecule has 0 amide bonds. The molecule has 1 rings (SSSR count). The summed E-state index contributed by atoms with van der Waals surface area (Å²) < 4.78 is 5.12. The first-order chi connectivity index (χ1) is 7.77. The van der Waals surface area contributed by atoms with Crippen LogP contribution >= 0.6 is 0 Å². The van der Waals surface area contributed by atoms with E-state index in [-0.39, 0.29) is 0 Å². The van der Waals surface area contributed by atoms with Gasteiger partial charge in [-0.2, -0.15) is 0 Å². The van der Waals surface area contributed by atoms with E-state index >= 15 is 0 Å². The number of hydrogen-bond donors (Lipinski definition) is 1. The topological polar surface area (TPSA) is 21.3 Å². The number of unbranched alkanes of at least 4 members (excludes halogenated alkanes) is 1. The van der Waals surface area contributed by atoms with Crippen LogP contribution in [0.5, 0.6) is 5.75 Å². The molecule has 0 fully saturated rings. The minimum Gasteiger partial charge on any atom is -0.497 e. The Morgan fingerprint density at radius 3 is 2.62 bits per heavy atom. The number of methoxy groups -OCH3 is 1. The quantitative estimate of drug-likeness (QED) is 0.584. The molecule has 0 aliphatic heterocycles. The van der Waals surface area contributed by atoms with Crippen molar-refractivity contribution >= 4 is 0 Å². The van der Waals surface area contributed by atoms with Crippen molar-refractivity contribution in [2.24, 2.45) is 0 Å². The Morgan fingerprint density at radius 2 is 2.06 bits per heavy atom. The Hall–Kier alpha value is -1.46. The molecular weight excluding hydrogens is 198 g/mol. The lowest BCUT2D eigenvalue weighted by atomic mass is 10.1. The minimum absolute atomic E-state index is 0.351. The average molecular weight is 217 g/mol. The van der Waals surface area contributed by atoms with Gasteiger partial charge in [-0.25, -0.2) is 0 Å². The maximum atomic E-state index is 5.20. The zero-order valence-electron chi connectivity index (χ0n) is 9.99. The van der Waals surface area contributed by atoms with Gasteiger partial charge in [0.1, 0.15) is 5.75 Å². The minimum atomic E-state index is 0.351. The maximum Gasteiger partial charge on any atom is 0.118 e. The van der Waals surface area contributed by atoms with Crippen LogP contribution in [0.4, 0.5) is 0 Å². The summed E-state index contributed by atoms with van der Waals surface area (Å²) >= 11 is 0. The van der Waals surface area contributed by atoms with E-state index in [0.717, 1.165) is 25.1 Å². The molecule has 0 aliphatic carbocycles. The van der Waals surface area contributed by atoms with Crippen molar-refractivity contribution in [3.63, 3.8) is 0 Å². The molecule has 0 bridgehead atoms. The second-order valence-electron chi connectivity index (χ2n) is 3.76. The van der Waals surface area contributed by atoms with Crippen LogP contribution in [0, 0.1) is 12.3 Å². The molecule has 1 atom stereocenters. The molecule has 2 nitrogen and oxygen atoms in total. The molecule has 0 aromatic heterocycles. The van der Waals surface area contributed by atoms with Gasteiger partial charge in [0.25, 0.3) is 0 Å². The van der Waals surface area contributed by atoms with Crippen LogP contribution in [0.15, 0.2) is 24.3 Å². The van der Waals surface area contributed by atoms with Gasteiger partial charge in [-0.3, -0.25) is 0 Å². The molecule has 1 aromatic carbocycles. The van der Waals surface area contributed by atoms with E-state index in [0.29, 0.717) is 6.04 Å². The first kappa shape index (κ1) is 12.6. The van der Waals surface area contributed by atoms with Gasteiger partial charge in [0, 0.05) is 12.5 Å². The Kier molecular flexibility index (Phi) is 5.45. The van der Waals surface area contributed by atoms with Gasteiger partial charge < -0.3 is 10.1 Å². The van der Waals surface area contributed by atoms with Crippen molar-refractivity contribution in [3.05, 3.63) is 29.8 Å². The summed E-state index contributed by atoms with van der Waals surface area (Å²) in [5.74, 6) is 3.53. The lowest BCUT2D eigenvalue weighted by molar-refractivity contribution is 0.414. The van der Waals surface area contributed by atoms with Crippen molar-refractivity contribution in [1.82, 2.24) is 5.32 Å². The molecule has 2 heteroatoms. The summed E-state index contributed by atoms with van der Waals surface area (Å²) in [4.78, 5) is 0. The fourth-order valence-corrected chi connectivity index (χ4v) is 1.52. The van der Waals surface area contributed by atoms with Crippen LogP contribution in [0.1, 0.15) is 31.4 Å². The van der Waals surface area contributed by atoms with Crippen molar-refractivity contribution in [2.75, 3.05) is 13.7 Å². The number of nitrogens with one attached hydrogen (secondary N) is 1. The molecule has 0 unspecified atom stereocenters. The molecule has 1 N–H and O–H groups in total.